The number of nitrogens with one attached hydrogen (secondary N) is 1. The van der Waals surface area contributed by atoms with Gasteiger partial charge < -0.3 is 10.2 Å². The van der Waals surface area contributed by atoms with Gasteiger partial charge in [-0.05, 0) is 55.7 Å². The maximum atomic E-state index is 12.4. The van der Waals surface area contributed by atoms with Crippen molar-refractivity contribution < 1.29 is 4.79 Å². The van der Waals surface area contributed by atoms with Crippen molar-refractivity contribution in [2.45, 2.75) is 19.8 Å². The molecule has 2 aromatic carbocycles. The molecule has 4 heteroatoms. The molecule has 116 valence electrons. The number of hydrogen-bond acceptors (Lipinski definition) is 3. The van der Waals surface area contributed by atoms with E-state index in [9.17, 15) is 4.79 Å². The highest BCUT2D eigenvalue weighted by Crippen LogP contribution is 2.26. The summed E-state index contributed by atoms with van der Waals surface area (Å²) in [6.45, 7) is 4.12. The highest BCUT2D eigenvalue weighted by atomic mass is 16.1. The van der Waals surface area contributed by atoms with Gasteiger partial charge in [0.2, 0.25) is 0 Å². The first-order valence-electron chi connectivity index (χ1n) is 7.84. The molecular formula is C19H19N3O. The second-order valence-corrected chi connectivity index (χ2v) is 5.84. The number of amides is 1. The summed E-state index contributed by atoms with van der Waals surface area (Å²) in [7, 11) is 0. The van der Waals surface area contributed by atoms with Gasteiger partial charge in [-0.3, -0.25) is 4.79 Å². The fourth-order valence-electron chi connectivity index (χ4n) is 2.84. The Labute approximate surface area is 136 Å². The minimum atomic E-state index is -0.191. The SMILES string of the molecule is Cc1ccc(N2CCCC2)cc1NC(=O)c1cccc(C#N)c1. The Kier molecular flexibility index (Phi) is 4.29. The molecule has 1 N–H and O–H groups in total. The van der Waals surface area contributed by atoms with Crippen LogP contribution in [0.2, 0.25) is 0 Å². The number of nitriles is 1. The summed E-state index contributed by atoms with van der Waals surface area (Å²) in [6, 6.07) is 15.0. The van der Waals surface area contributed by atoms with Gasteiger partial charge in [-0.15, -0.1) is 0 Å². The van der Waals surface area contributed by atoms with Crippen molar-refractivity contribution in [2.24, 2.45) is 0 Å². The van der Waals surface area contributed by atoms with Crippen LogP contribution in [0.5, 0.6) is 0 Å². The molecule has 0 aromatic heterocycles. The molecule has 1 heterocycles. The summed E-state index contributed by atoms with van der Waals surface area (Å²) < 4.78 is 0. The van der Waals surface area contributed by atoms with Crippen molar-refractivity contribution in [1.82, 2.24) is 0 Å². The summed E-state index contributed by atoms with van der Waals surface area (Å²) in [6.07, 6.45) is 2.44. The third-order valence-electron chi connectivity index (χ3n) is 4.19. The molecule has 0 saturated carbocycles. The largest absolute Gasteiger partial charge is 0.371 e. The number of rotatable bonds is 3. The van der Waals surface area contributed by atoms with Crippen LogP contribution >= 0.6 is 0 Å². The van der Waals surface area contributed by atoms with E-state index in [-0.39, 0.29) is 5.91 Å². The van der Waals surface area contributed by atoms with Crippen LogP contribution in [0.3, 0.4) is 0 Å². The van der Waals surface area contributed by atoms with Crippen LogP contribution in [0, 0.1) is 18.3 Å². The standard InChI is InChI=1S/C19H19N3O/c1-14-7-8-17(22-9-2-3-10-22)12-18(14)21-19(23)16-6-4-5-15(11-16)13-20/h4-8,11-12H,2-3,9-10H2,1H3,(H,21,23). The van der Waals surface area contributed by atoms with Crippen LogP contribution < -0.4 is 10.2 Å². The van der Waals surface area contributed by atoms with E-state index >= 15 is 0 Å². The molecule has 1 fully saturated rings. The van der Waals surface area contributed by atoms with E-state index in [0.29, 0.717) is 11.1 Å². The highest BCUT2D eigenvalue weighted by molar-refractivity contribution is 6.05. The van der Waals surface area contributed by atoms with Crippen LogP contribution in [-0.2, 0) is 0 Å². The second kappa shape index (κ2) is 6.53. The number of carbonyl (C=O) groups excluding carboxylic acids is 1. The first-order chi connectivity index (χ1) is 11.2. The van der Waals surface area contributed by atoms with Gasteiger partial charge in [-0.2, -0.15) is 5.26 Å². The Morgan fingerprint density at radius 2 is 1.96 bits per heavy atom. The minimum Gasteiger partial charge on any atom is -0.371 e. The van der Waals surface area contributed by atoms with Crippen molar-refractivity contribution >= 4 is 17.3 Å². The van der Waals surface area contributed by atoms with Crippen LogP contribution in [0.4, 0.5) is 11.4 Å². The molecule has 1 aliphatic heterocycles. The monoisotopic (exact) mass is 305 g/mol. The zero-order chi connectivity index (χ0) is 16.2. The molecule has 0 aliphatic carbocycles. The first-order valence-corrected chi connectivity index (χ1v) is 7.84. The van der Waals surface area contributed by atoms with Crippen molar-refractivity contribution in [3.63, 3.8) is 0 Å². The second-order valence-electron chi connectivity index (χ2n) is 5.84. The van der Waals surface area contributed by atoms with E-state index in [1.165, 1.54) is 12.8 Å². The molecule has 0 radical (unpaired) electrons. The number of anilines is 2. The van der Waals surface area contributed by atoms with Crippen molar-refractivity contribution in [3.8, 4) is 6.07 Å². The molecule has 0 spiro atoms. The number of benzene rings is 2. The lowest BCUT2D eigenvalue weighted by atomic mass is 10.1. The average molecular weight is 305 g/mol. The smallest absolute Gasteiger partial charge is 0.255 e. The fraction of sp³-hybridized carbons (Fsp3) is 0.263. The Morgan fingerprint density at radius 3 is 2.70 bits per heavy atom. The molecule has 1 aliphatic rings. The maximum Gasteiger partial charge on any atom is 0.255 e. The van der Waals surface area contributed by atoms with Crippen LogP contribution in [-0.4, -0.2) is 19.0 Å². The normalized spacial score (nSPS) is 13.7. The van der Waals surface area contributed by atoms with Crippen LogP contribution in [0.1, 0.15) is 34.3 Å². The van der Waals surface area contributed by atoms with Gasteiger partial charge in [-0.25, -0.2) is 0 Å². The van der Waals surface area contributed by atoms with Gasteiger partial charge in [-0.1, -0.05) is 12.1 Å². The zero-order valence-corrected chi connectivity index (χ0v) is 13.2. The van der Waals surface area contributed by atoms with Gasteiger partial charge >= 0.3 is 0 Å². The molecular weight excluding hydrogens is 286 g/mol. The third-order valence-corrected chi connectivity index (χ3v) is 4.19. The predicted molar refractivity (Wildman–Crippen MR) is 91.7 cm³/mol. The molecule has 0 unspecified atom stereocenters. The predicted octanol–water partition coefficient (Wildman–Crippen LogP) is 3.72. The van der Waals surface area contributed by atoms with Crippen molar-refractivity contribution in [3.05, 3.63) is 59.2 Å². The number of nitrogens with zero attached hydrogens (tertiary/aromatic N) is 2. The van der Waals surface area contributed by atoms with Gasteiger partial charge in [0.1, 0.15) is 0 Å². The molecule has 0 bridgehead atoms. The lowest BCUT2D eigenvalue weighted by molar-refractivity contribution is 0.102. The topological polar surface area (TPSA) is 56.1 Å². The van der Waals surface area contributed by atoms with Crippen LogP contribution in [0.25, 0.3) is 0 Å². The Bertz CT molecular complexity index is 770. The lowest BCUT2D eigenvalue weighted by Gasteiger charge is -2.19. The van der Waals surface area contributed by atoms with E-state index < -0.39 is 0 Å². The summed E-state index contributed by atoms with van der Waals surface area (Å²) in [4.78, 5) is 14.8. The summed E-state index contributed by atoms with van der Waals surface area (Å²) >= 11 is 0. The van der Waals surface area contributed by atoms with E-state index in [0.717, 1.165) is 30.0 Å². The van der Waals surface area contributed by atoms with Gasteiger partial charge in [0.15, 0.2) is 0 Å². The van der Waals surface area contributed by atoms with E-state index in [1.807, 2.05) is 19.1 Å². The van der Waals surface area contributed by atoms with E-state index in [2.05, 4.69) is 22.4 Å². The Hall–Kier alpha value is -2.80. The molecule has 1 saturated heterocycles. The molecule has 2 aromatic rings. The van der Waals surface area contributed by atoms with Gasteiger partial charge in [0.25, 0.3) is 5.91 Å². The minimum absolute atomic E-state index is 0.191. The third kappa shape index (κ3) is 3.35. The highest BCUT2D eigenvalue weighted by Gasteiger charge is 2.14. The zero-order valence-electron chi connectivity index (χ0n) is 13.2. The van der Waals surface area contributed by atoms with E-state index in [1.54, 1.807) is 24.3 Å². The lowest BCUT2D eigenvalue weighted by Crippen LogP contribution is -2.18. The van der Waals surface area contributed by atoms with Crippen molar-refractivity contribution in [1.29, 1.82) is 5.26 Å². The summed E-state index contributed by atoms with van der Waals surface area (Å²) in [5, 5.41) is 11.9. The Balaban J connectivity index is 1.82. The van der Waals surface area contributed by atoms with Crippen LogP contribution in [0.15, 0.2) is 42.5 Å². The fourth-order valence-corrected chi connectivity index (χ4v) is 2.84. The quantitative estimate of drug-likeness (QED) is 0.940. The number of aryl methyl sites for hydroxylation is 1. The molecule has 0 atom stereocenters. The Morgan fingerprint density at radius 1 is 1.17 bits per heavy atom. The molecule has 23 heavy (non-hydrogen) atoms. The number of hydrogen-bond donors (Lipinski definition) is 1. The summed E-state index contributed by atoms with van der Waals surface area (Å²) in [5.41, 5.74) is 3.98. The first kappa shape index (κ1) is 15.1. The molecule has 1 amide bonds. The van der Waals surface area contributed by atoms with E-state index in [4.69, 9.17) is 5.26 Å². The van der Waals surface area contributed by atoms with Gasteiger partial charge in [0.05, 0.1) is 11.6 Å². The summed E-state index contributed by atoms with van der Waals surface area (Å²) in [5.74, 6) is -0.191. The maximum absolute atomic E-state index is 12.4. The molecule has 3 rings (SSSR count). The van der Waals surface area contributed by atoms with Crippen molar-refractivity contribution in [2.75, 3.05) is 23.3 Å². The number of carbonyl (C=O) groups is 1. The average Bonchev–Trinajstić information content (AvgIpc) is 3.11. The van der Waals surface area contributed by atoms with Gasteiger partial charge in [0, 0.05) is 30.0 Å². The molecule has 4 nitrogen and oxygen atoms in total.